The van der Waals surface area contributed by atoms with Gasteiger partial charge in [0, 0.05) is 12.8 Å². The lowest BCUT2D eigenvalue weighted by Gasteiger charge is -1.94. The van der Waals surface area contributed by atoms with E-state index in [9.17, 15) is 0 Å². The van der Waals surface area contributed by atoms with Crippen molar-refractivity contribution in [2.24, 2.45) is 4.99 Å². The highest BCUT2D eigenvalue weighted by molar-refractivity contribution is 5.98. The van der Waals surface area contributed by atoms with Crippen molar-refractivity contribution >= 4 is 5.71 Å². The van der Waals surface area contributed by atoms with Crippen LogP contribution >= 0.6 is 0 Å². The Morgan fingerprint density at radius 2 is 2.08 bits per heavy atom. The molecule has 0 aliphatic rings. The lowest BCUT2D eigenvalue weighted by molar-refractivity contribution is 0.927. The zero-order valence-corrected chi connectivity index (χ0v) is 6.78. The van der Waals surface area contributed by atoms with Gasteiger partial charge in [-0.3, -0.25) is 4.99 Å². The van der Waals surface area contributed by atoms with Crippen LogP contribution in [-0.4, -0.2) is 11.8 Å². The molecule has 1 atom stereocenters. The van der Waals surface area contributed by atoms with E-state index in [-0.39, 0.29) is 12.1 Å². The van der Waals surface area contributed by atoms with Crippen molar-refractivity contribution in [3.05, 3.63) is 0 Å². The molecule has 0 heterocycles. The molecule has 0 saturated carbocycles. The summed E-state index contributed by atoms with van der Waals surface area (Å²) in [6, 6.07) is 5.14. The molecular formula is C8H8N4. The summed E-state index contributed by atoms with van der Waals surface area (Å²) < 4.78 is 0. The third-order valence-corrected chi connectivity index (χ3v) is 1.14. The third kappa shape index (κ3) is 4.04. The first-order valence-electron chi connectivity index (χ1n) is 3.48. The molecule has 0 spiro atoms. The molecule has 0 saturated heterocycles. The average molecular weight is 160 g/mol. The molecular weight excluding hydrogens is 152 g/mol. The minimum atomic E-state index is -0.502. The maximum atomic E-state index is 8.50. The molecule has 0 aliphatic heterocycles. The van der Waals surface area contributed by atoms with Crippen LogP contribution in [0.5, 0.6) is 0 Å². The molecule has 60 valence electrons. The van der Waals surface area contributed by atoms with Crippen LogP contribution in [0.15, 0.2) is 4.99 Å². The number of rotatable bonds is 3. The van der Waals surface area contributed by atoms with Crippen LogP contribution in [0.4, 0.5) is 0 Å². The van der Waals surface area contributed by atoms with Crippen LogP contribution in [0.3, 0.4) is 0 Å². The van der Waals surface area contributed by atoms with E-state index < -0.39 is 6.04 Å². The summed E-state index contributed by atoms with van der Waals surface area (Å²) in [4.78, 5) is 3.79. The van der Waals surface area contributed by atoms with E-state index in [2.05, 4.69) is 4.99 Å². The second-order valence-electron chi connectivity index (χ2n) is 2.15. The van der Waals surface area contributed by atoms with Gasteiger partial charge in [-0.05, 0) is 6.92 Å². The van der Waals surface area contributed by atoms with Crippen LogP contribution in [0.1, 0.15) is 19.8 Å². The highest BCUT2D eigenvalue weighted by Crippen LogP contribution is 1.95. The van der Waals surface area contributed by atoms with E-state index in [0.717, 1.165) is 0 Å². The van der Waals surface area contributed by atoms with Crippen LogP contribution < -0.4 is 0 Å². The molecule has 12 heavy (non-hydrogen) atoms. The molecule has 0 rings (SSSR count). The predicted octanol–water partition coefficient (Wildman–Crippen LogP) is 1.17. The Kier molecular flexibility index (Phi) is 4.98. The standard InChI is InChI=1S/C8H8N4/c1-7(5-10)12-8(6-11)3-2-4-9/h7H,2-3H2,1H3. The monoisotopic (exact) mass is 160 g/mol. The minimum absolute atomic E-state index is 0.268. The lowest BCUT2D eigenvalue weighted by Crippen LogP contribution is -2.01. The summed E-state index contributed by atoms with van der Waals surface area (Å²) in [7, 11) is 0. The predicted molar refractivity (Wildman–Crippen MR) is 43.0 cm³/mol. The van der Waals surface area contributed by atoms with Gasteiger partial charge in [-0.15, -0.1) is 0 Å². The van der Waals surface area contributed by atoms with Gasteiger partial charge >= 0.3 is 0 Å². The van der Waals surface area contributed by atoms with E-state index in [4.69, 9.17) is 15.8 Å². The van der Waals surface area contributed by atoms with Gasteiger partial charge in [0.1, 0.15) is 17.8 Å². The molecule has 4 heteroatoms. The third-order valence-electron chi connectivity index (χ3n) is 1.14. The van der Waals surface area contributed by atoms with Crippen molar-refractivity contribution in [2.75, 3.05) is 0 Å². The van der Waals surface area contributed by atoms with Gasteiger partial charge in [-0.1, -0.05) is 0 Å². The summed E-state index contributed by atoms with van der Waals surface area (Å²) >= 11 is 0. The molecule has 0 amide bonds. The number of nitrogens with zero attached hydrogens (tertiary/aromatic N) is 4. The van der Waals surface area contributed by atoms with E-state index in [1.807, 2.05) is 18.2 Å². The Bertz CT molecular complexity index is 284. The smallest absolute Gasteiger partial charge is 0.135 e. The minimum Gasteiger partial charge on any atom is -0.260 e. The SMILES string of the molecule is CC(C#N)N=C(C#N)CCC#N. The fourth-order valence-corrected chi connectivity index (χ4v) is 0.586. The first kappa shape index (κ1) is 10.1. The van der Waals surface area contributed by atoms with Gasteiger partial charge in [0.2, 0.25) is 0 Å². The van der Waals surface area contributed by atoms with Crippen molar-refractivity contribution in [1.82, 2.24) is 0 Å². The molecule has 0 radical (unpaired) electrons. The maximum absolute atomic E-state index is 8.50. The quantitative estimate of drug-likeness (QED) is 0.581. The summed E-state index contributed by atoms with van der Waals surface area (Å²) in [5.74, 6) is 0. The van der Waals surface area contributed by atoms with Gasteiger partial charge in [-0.25, -0.2) is 0 Å². The van der Waals surface area contributed by atoms with E-state index >= 15 is 0 Å². The Hall–Kier alpha value is -1.86. The van der Waals surface area contributed by atoms with Gasteiger partial charge < -0.3 is 0 Å². The summed E-state index contributed by atoms with van der Waals surface area (Å²) in [6.07, 6.45) is 0.601. The molecule has 1 unspecified atom stereocenters. The largest absolute Gasteiger partial charge is 0.260 e. The summed E-state index contributed by atoms with van der Waals surface area (Å²) in [5.41, 5.74) is 0.269. The Morgan fingerprint density at radius 3 is 2.50 bits per heavy atom. The Balaban J connectivity index is 4.20. The number of nitriles is 3. The van der Waals surface area contributed by atoms with Crippen LogP contribution in [0, 0.1) is 34.0 Å². The zero-order chi connectivity index (χ0) is 9.40. The van der Waals surface area contributed by atoms with Crippen molar-refractivity contribution in [3.63, 3.8) is 0 Å². The Labute approximate surface area is 71.4 Å². The highest BCUT2D eigenvalue weighted by Gasteiger charge is 2.00. The van der Waals surface area contributed by atoms with Crippen molar-refractivity contribution < 1.29 is 0 Å². The number of hydrogen-bond acceptors (Lipinski definition) is 4. The fraction of sp³-hybridized carbons (Fsp3) is 0.500. The number of aliphatic imine (C=N–C) groups is 1. The molecule has 0 aromatic carbocycles. The fourth-order valence-electron chi connectivity index (χ4n) is 0.586. The van der Waals surface area contributed by atoms with Crippen molar-refractivity contribution in [1.29, 1.82) is 15.8 Å². The first-order chi connectivity index (χ1) is 5.74. The van der Waals surface area contributed by atoms with Gasteiger partial charge in [-0.2, -0.15) is 15.8 Å². The first-order valence-corrected chi connectivity index (χ1v) is 3.48. The van der Waals surface area contributed by atoms with Crippen LogP contribution in [-0.2, 0) is 0 Å². The summed E-state index contributed by atoms with van der Waals surface area (Å²) in [5, 5.41) is 25.1. The highest BCUT2D eigenvalue weighted by atomic mass is 14.8. The molecule has 0 aromatic heterocycles. The van der Waals surface area contributed by atoms with Crippen molar-refractivity contribution in [2.45, 2.75) is 25.8 Å². The molecule has 0 N–H and O–H groups in total. The normalized spacial score (nSPS) is 12.3. The average Bonchev–Trinajstić information content (AvgIpc) is 2.11. The van der Waals surface area contributed by atoms with Gasteiger partial charge in [0.25, 0.3) is 0 Å². The van der Waals surface area contributed by atoms with E-state index in [1.54, 1.807) is 6.92 Å². The molecule has 4 nitrogen and oxygen atoms in total. The second kappa shape index (κ2) is 5.89. The Morgan fingerprint density at radius 1 is 1.42 bits per heavy atom. The lowest BCUT2D eigenvalue weighted by atomic mass is 10.2. The second-order valence-corrected chi connectivity index (χ2v) is 2.15. The molecule has 0 aliphatic carbocycles. The van der Waals surface area contributed by atoms with Gasteiger partial charge in [0.05, 0.1) is 12.1 Å². The number of hydrogen-bond donors (Lipinski definition) is 0. The van der Waals surface area contributed by atoms with E-state index in [1.165, 1.54) is 0 Å². The topological polar surface area (TPSA) is 83.7 Å². The summed E-state index contributed by atoms with van der Waals surface area (Å²) in [6.45, 7) is 1.60. The molecule has 0 bridgehead atoms. The maximum Gasteiger partial charge on any atom is 0.135 e. The van der Waals surface area contributed by atoms with Gasteiger partial charge in [0.15, 0.2) is 0 Å². The molecule has 0 fully saturated rings. The van der Waals surface area contributed by atoms with Crippen molar-refractivity contribution in [3.8, 4) is 18.2 Å². The zero-order valence-electron chi connectivity index (χ0n) is 6.78. The van der Waals surface area contributed by atoms with Crippen LogP contribution in [0.2, 0.25) is 0 Å². The molecule has 0 aromatic rings. The van der Waals surface area contributed by atoms with Crippen LogP contribution in [0.25, 0.3) is 0 Å². The van der Waals surface area contributed by atoms with E-state index in [0.29, 0.717) is 6.42 Å².